The molecular formula is C17H16BrF3O. The molecule has 0 aromatic heterocycles. The Bertz CT molecular complexity index is 655. The molecule has 0 spiro atoms. The Morgan fingerprint density at radius 3 is 2.00 bits per heavy atom. The first kappa shape index (κ1) is 16.9. The molecule has 2 aromatic rings. The van der Waals surface area contributed by atoms with Crippen LogP contribution in [0.5, 0.6) is 11.5 Å². The van der Waals surface area contributed by atoms with Crippen LogP contribution in [0.4, 0.5) is 13.2 Å². The normalized spacial score (nSPS) is 12.3. The lowest BCUT2D eigenvalue weighted by atomic mass is 9.86. The fourth-order valence-corrected chi connectivity index (χ4v) is 2.38. The first-order chi connectivity index (χ1) is 10.1. The van der Waals surface area contributed by atoms with Crippen molar-refractivity contribution >= 4 is 15.9 Å². The van der Waals surface area contributed by atoms with Crippen LogP contribution in [0.3, 0.4) is 0 Å². The molecule has 118 valence electrons. The van der Waals surface area contributed by atoms with E-state index in [1.807, 2.05) is 18.2 Å². The van der Waals surface area contributed by atoms with Gasteiger partial charge in [0.2, 0.25) is 0 Å². The standard InChI is InChI=1S/C17H16BrF3O/c1-16(2,3)14-9-6-12(18)10-15(14)22-13-7-4-11(5-8-13)17(19,20)21/h4-10H,1-3H3. The van der Waals surface area contributed by atoms with Gasteiger partial charge in [-0.05, 0) is 41.8 Å². The van der Waals surface area contributed by atoms with Crippen LogP contribution in [0.1, 0.15) is 31.9 Å². The molecule has 0 unspecified atom stereocenters. The van der Waals surface area contributed by atoms with Crippen molar-refractivity contribution in [3.8, 4) is 11.5 Å². The number of hydrogen-bond donors (Lipinski definition) is 0. The Morgan fingerprint density at radius 1 is 0.909 bits per heavy atom. The summed E-state index contributed by atoms with van der Waals surface area (Å²) < 4.78 is 44.4. The van der Waals surface area contributed by atoms with Crippen molar-refractivity contribution in [1.29, 1.82) is 0 Å². The number of halogens is 4. The SMILES string of the molecule is CC(C)(C)c1ccc(Br)cc1Oc1ccc(C(F)(F)F)cc1. The van der Waals surface area contributed by atoms with Gasteiger partial charge in [0.05, 0.1) is 5.56 Å². The van der Waals surface area contributed by atoms with E-state index in [0.29, 0.717) is 11.5 Å². The van der Waals surface area contributed by atoms with E-state index in [-0.39, 0.29) is 5.41 Å². The fourth-order valence-electron chi connectivity index (χ4n) is 2.04. The monoisotopic (exact) mass is 372 g/mol. The summed E-state index contributed by atoms with van der Waals surface area (Å²) in [5.74, 6) is 0.998. The summed E-state index contributed by atoms with van der Waals surface area (Å²) in [5.41, 5.74) is 0.155. The summed E-state index contributed by atoms with van der Waals surface area (Å²) in [4.78, 5) is 0. The molecule has 0 saturated heterocycles. The van der Waals surface area contributed by atoms with E-state index in [1.165, 1.54) is 12.1 Å². The molecule has 5 heteroatoms. The van der Waals surface area contributed by atoms with Gasteiger partial charge in [-0.15, -0.1) is 0 Å². The zero-order chi connectivity index (χ0) is 16.5. The summed E-state index contributed by atoms with van der Waals surface area (Å²) >= 11 is 3.39. The molecule has 2 aromatic carbocycles. The zero-order valence-electron chi connectivity index (χ0n) is 12.5. The third-order valence-corrected chi connectivity index (χ3v) is 3.65. The highest BCUT2D eigenvalue weighted by molar-refractivity contribution is 9.10. The summed E-state index contributed by atoms with van der Waals surface area (Å²) in [6.45, 7) is 6.15. The second-order valence-electron chi connectivity index (χ2n) is 6.01. The van der Waals surface area contributed by atoms with Crippen molar-refractivity contribution in [2.75, 3.05) is 0 Å². The molecule has 0 aliphatic heterocycles. The van der Waals surface area contributed by atoms with E-state index < -0.39 is 11.7 Å². The highest BCUT2D eigenvalue weighted by Crippen LogP contribution is 2.37. The molecule has 22 heavy (non-hydrogen) atoms. The summed E-state index contributed by atoms with van der Waals surface area (Å²) in [7, 11) is 0. The van der Waals surface area contributed by atoms with Crippen LogP contribution in [0.25, 0.3) is 0 Å². The smallest absolute Gasteiger partial charge is 0.416 e. The van der Waals surface area contributed by atoms with Crippen LogP contribution in [0.2, 0.25) is 0 Å². The minimum absolute atomic E-state index is 0.137. The van der Waals surface area contributed by atoms with Gasteiger partial charge in [0, 0.05) is 10.0 Å². The molecule has 0 fully saturated rings. The summed E-state index contributed by atoms with van der Waals surface area (Å²) in [6, 6.07) is 10.4. The van der Waals surface area contributed by atoms with E-state index in [0.717, 1.165) is 22.2 Å². The third-order valence-electron chi connectivity index (χ3n) is 3.16. The van der Waals surface area contributed by atoms with Gasteiger partial charge in [-0.25, -0.2) is 0 Å². The first-order valence-corrected chi connectivity index (χ1v) is 7.52. The number of alkyl halides is 3. The van der Waals surface area contributed by atoms with Crippen molar-refractivity contribution in [3.05, 3.63) is 58.1 Å². The average Bonchev–Trinajstić information content (AvgIpc) is 2.36. The maximum absolute atomic E-state index is 12.6. The number of ether oxygens (including phenoxy) is 1. The van der Waals surface area contributed by atoms with E-state index in [1.54, 1.807) is 0 Å². The van der Waals surface area contributed by atoms with Crippen LogP contribution in [0, 0.1) is 0 Å². The molecule has 0 aliphatic rings. The minimum atomic E-state index is -4.34. The Kier molecular flexibility index (Phi) is 4.57. The van der Waals surface area contributed by atoms with Crippen LogP contribution >= 0.6 is 15.9 Å². The Morgan fingerprint density at radius 2 is 1.50 bits per heavy atom. The van der Waals surface area contributed by atoms with Crippen LogP contribution in [-0.4, -0.2) is 0 Å². The van der Waals surface area contributed by atoms with Gasteiger partial charge >= 0.3 is 6.18 Å². The van der Waals surface area contributed by atoms with Crippen LogP contribution in [-0.2, 0) is 11.6 Å². The van der Waals surface area contributed by atoms with E-state index >= 15 is 0 Å². The lowest BCUT2D eigenvalue weighted by molar-refractivity contribution is -0.137. The Hall–Kier alpha value is -1.49. The second-order valence-corrected chi connectivity index (χ2v) is 6.93. The molecule has 0 atom stereocenters. The van der Waals surface area contributed by atoms with Crippen LogP contribution < -0.4 is 4.74 Å². The fraction of sp³-hybridized carbons (Fsp3) is 0.294. The molecule has 0 bridgehead atoms. The Balaban J connectivity index is 2.33. The maximum atomic E-state index is 12.6. The van der Waals surface area contributed by atoms with E-state index in [2.05, 4.69) is 36.7 Å². The molecule has 0 amide bonds. The highest BCUT2D eigenvalue weighted by atomic mass is 79.9. The predicted octanol–water partition coefficient (Wildman–Crippen LogP) is 6.56. The zero-order valence-corrected chi connectivity index (χ0v) is 14.0. The molecule has 0 N–H and O–H groups in total. The number of hydrogen-bond acceptors (Lipinski definition) is 1. The topological polar surface area (TPSA) is 9.23 Å². The lowest BCUT2D eigenvalue weighted by Crippen LogP contribution is -2.12. The van der Waals surface area contributed by atoms with Crippen molar-refractivity contribution in [3.63, 3.8) is 0 Å². The largest absolute Gasteiger partial charge is 0.457 e. The third kappa shape index (κ3) is 4.03. The molecule has 0 heterocycles. The highest BCUT2D eigenvalue weighted by Gasteiger charge is 2.30. The van der Waals surface area contributed by atoms with Crippen LogP contribution in [0.15, 0.2) is 46.9 Å². The van der Waals surface area contributed by atoms with Crippen molar-refractivity contribution in [2.24, 2.45) is 0 Å². The summed E-state index contributed by atoms with van der Waals surface area (Å²) in [5, 5.41) is 0. The predicted molar refractivity (Wildman–Crippen MR) is 84.4 cm³/mol. The first-order valence-electron chi connectivity index (χ1n) is 6.72. The van der Waals surface area contributed by atoms with Gasteiger partial charge in [0.15, 0.2) is 0 Å². The number of benzene rings is 2. The van der Waals surface area contributed by atoms with E-state index in [4.69, 9.17) is 4.74 Å². The molecule has 0 aliphatic carbocycles. The van der Waals surface area contributed by atoms with Gasteiger partial charge < -0.3 is 4.74 Å². The maximum Gasteiger partial charge on any atom is 0.416 e. The molecule has 2 rings (SSSR count). The van der Waals surface area contributed by atoms with Gasteiger partial charge in [-0.3, -0.25) is 0 Å². The molecular weight excluding hydrogens is 357 g/mol. The van der Waals surface area contributed by atoms with Gasteiger partial charge in [-0.1, -0.05) is 42.8 Å². The average molecular weight is 373 g/mol. The van der Waals surface area contributed by atoms with Crippen molar-refractivity contribution in [2.45, 2.75) is 32.4 Å². The van der Waals surface area contributed by atoms with Crippen molar-refractivity contribution in [1.82, 2.24) is 0 Å². The second kappa shape index (κ2) is 5.95. The molecule has 0 radical (unpaired) electrons. The number of rotatable bonds is 2. The minimum Gasteiger partial charge on any atom is -0.457 e. The quantitative estimate of drug-likeness (QED) is 0.579. The molecule has 1 nitrogen and oxygen atoms in total. The summed E-state index contributed by atoms with van der Waals surface area (Å²) in [6.07, 6.45) is -4.34. The Labute approximate surface area is 136 Å². The van der Waals surface area contributed by atoms with Gasteiger partial charge in [-0.2, -0.15) is 13.2 Å². The van der Waals surface area contributed by atoms with Crippen molar-refractivity contribution < 1.29 is 17.9 Å². The van der Waals surface area contributed by atoms with Gasteiger partial charge in [0.1, 0.15) is 11.5 Å². The lowest BCUT2D eigenvalue weighted by Gasteiger charge is -2.23. The van der Waals surface area contributed by atoms with Gasteiger partial charge in [0.25, 0.3) is 0 Å². The van der Waals surface area contributed by atoms with E-state index in [9.17, 15) is 13.2 Å². The molecule has 0 saturated carbocycles.